The number of para-hydroxylation sites is 1. The van der Waals surface area contributed by atoms with Crippen molar-refractivity contribution in [2.45, 2.75) is 43.6 Å². The van der Waals surface area contributed by atoms with Gasteiger partial charge in [0.1, 0.15) is 35.1 Å². The molecule has 2 fully saturated rings. The number of methoxy groups -OCH3 is 1. The molecule has 7 rings (SSSR count). The van der Waals surface area contributed by atoms with Crippen LogP contribution in [0.2, 0.25) is 0 Å². The molecule has 10 heteroatoms. The average molecular weight is 608 g/mol. The minimum absolute atomic E-state index is 0.0189. The van der Waals surface area contributed by atoms with Crippen LogP contribution < -0.4 is 9.47 Å². The Morgan fingerprint density at radius 2 is 1.84 bits per heavy atom. The molecular formula is C35H33N3O7. The van der Waals surface area contributed by atoms with Crippen molar-refractivity contribution in [3.63, 3.8) is 0 Å². The number of amides is 1. The van der Waals surface area contributed by atoms with Crippen LogP contribution in [0, 0.1) is 0 Å². The molecule has 45 heavy (non-hydrogen) atoms. The van der Waals surface area contributed by atoms with Crippen molar-refractivity contribution in [2.75, 3.05) is 33.4 Å². The zero-order valence-electron chi connectivity index (χ0n) is 25.0. The molecule has 0 radical (unpaired) electrons. The molecule has 3 aliphatic rings. The van der Waals surface area contributed by atoms with Gasteiger partial charge < -0.3 is 24.2 Å². The number of rotatable bonds is 7. The topological polar surface area (TPSA) is 128 Å². The fourth-order valence-corrected chi connectivity index (χ4v) is 6.41. The summed E-state index contributed by atoms with van der Waals surface area (Å²) in [4.78, 5) is 49.8. The molecule has 2 aromatic heterocycles. The summed E-state index contributed by atoms with van der Waals surface area (Å²) < 4.78 is 17.1. The van der Waals surface area contributed by atoms with Gasteiger partial charge in [-0.2, -0.15) is 0 Å². The van der Waals surface area contributed by atoms with Crippen LogP contribution in [0.15, 0.2) is 60.8 Å². The highest BCUT2D eigenvalue weighted by Crippen LogP contribution is 2.44. The second kappa shape index (κ2) is 11.6. The van der Waals surface area contributed by atoms with Gasteiger partial charge in [-0.1, -0.05) is 18.2 Å². The summed E-state index contributed by atoms with van der Waals surface area (Å²) in [7, 11) is 1.30. The first kappa shape index (κ1) is 28.9. The molecule has 1 amide bonds. The summed E-state index contributed by atoms with van der Waals surface area (Å²) >= 11 is 0. The Balaban J connectivity index is 1.09. The van der Waals surface area contributed by atoms with E-state index in [1.165, 1.54) is 13.3 Å². The van der Waals surface area contributed by atoms with Gasteiger partial charge in [-0.15, -0.1) is 0 Å². The molecule has 2 aromatic carbocycles. The van der Waals surface area contributed by atoms with Crippen LogP contribution in [-0.4, -0.2) is 76.6 Å². The molecule has 230 valence electrons. The van der Waals surface area contributed by atoms with Gasteiger partial charge in [-0.05, 0) is 65.8 Å². The first-order valence-electron chi connectivity index (χ1n) is 15.3. The summed E-state index contributed by atoms with van der Waals surface area (Å²) in [5.74, 6) is 0.756. The Morgan fingerprint density at radius 3 is 2.60 bits per heavy atom. The molecule has 1 spiro atoms. The monoisotopic (exact) mass is 607 g/mol. The van der Waals surface area contributed by atoms with E-state index in [0.717, 1.165) is 40.4 Å². The summed E-state index contributed by atoms with van der Waals surface area (Å²) in [6, 6.07) is 16.5. The minimum Gasteiger partial charge on any atom is -0.490 e. The fraction of sp³-hybridized carbons (Fsp3) is 0.343. The second-order valence-corrected chi connectivity index (χ2v) is 11.9. The lowest BCUT2D eigenvalue weighted by Gasteiger charge is -2.44. The number of carbonyl (C=O) groups is 3. The number of ketones is 1. The summed E-state index contributed by atoms with van der Waals surface area (Å²) in [6.07, 6.45) is 4.96. The van der Waals surface area contributed by atoms with Crippen molar-refractivity contribution < 1.29 is 33.7 Å². The van der Waals surface area contributed by atoms with E-state index in [-0.39, 0.29) is 37.0 Å². The van der Waals surface area contributed by atoms with Crippen LogP contribution >= 0.6 is 0 Å². The van der Waals surface area contributed by atoms with Gasteiger partial charge in [-0.3, -0.25) is 9.59 Å². The van der Waals surface area contributed by atoms with Gasteiger partial charge in [-0.25, -0.2) is 14.8 Å². The third kappa shape index (κ3) is 5.50. The number of fused-ring (bicyclic) bond motifs is 2. The average Bonchev–Trinajstić information content (AvgIpc) is 3.92. The number of esters is 1. The Morgan fingerprint density at radius 1 is 1.04 bits per heavy atom. The quantitative estimate of drug-likeness (QED) is 0.290. The SMILES string of the molecule is COC(=O)c1cc(-c2ccc3c(c2)C(=O)CC2(CCN(C(=O)c4cc(OCCO)c5cccc(C6CC6)c5n4)CC2)O3)ccn1. The fourth-order valence-electron chi connectivity index (χ4n) is 6.41. The lowest BCUT2D eigenvalue weighted by molar-refractivity contribution is -0.00585. The van der Waals surface area contributed by atoms with E-state index in [0.29, 0.717) is 54.6 Å². The number of benzene rings is 2. The molecule has 0 atom stereocenters. The maximum absolute atomic E-state index is 13.8. The molecule has 4 aromatic rings. The van der Waals surface area contributed by atoms with Gasteiger partial charge in [0.05, 0.1) is 31.2 Å². The van der Waals surface area contributed by atoms with E-state index in [2.05, 4.69) is 11.1 Å². The Hall–Kier alpha value is -4.83. The van der Waals surface area contributed by atoms with E-state index in [1.807, 2.05) is 18.2 Å². The molecule has 1 aliphatic carbocycles. The van der Waals surface area contributed by atoms with Crippen LogP contribution in [0.4, 0.5) is 0 Å². The second-order valence-electron chi connectivity index (χ2n) is 11.9. The van der Waals surface area contributed by atoms with Crippen molar-refractivity contribution in [3.05, 3.63) is 83.3 Å². The molecule has 1 N–H and O–H groups in total. The van der Waals surface area contributed by atoms with Crippen LogP contribution in [0.3, 0.4) is 0 Å². The number of aliphatic hydroxyl groups is 1. The highest BCUT2D eigenvalue weighted by Gasteiger charge is 2.44. The molecule has 0 bridgehead atoms. The number of pyridine rings is 2. The third-order valence-electron chi connectivity index (χ3n) is 8.96. The van der Waals surface area contributed by atoms with Crippen molar-refractivity contribution in [2.24, 2.45) is 0 Å². The van der Waals surface area contributed by atoms with Crippen molar-refractivity contribution in [3.8, 4) is 22.6 Å². The minimum atomic E-state index is -0.692. The first-order chi connectivity index (χ1) is 21.9. The standard InChI is InChI=1S/C35H33N3O7/c1-43-34(42)28-18-23(9-12-36-28)22-7-8-30-26(17-22)29(40)20-35(45-30)10-13-38(14-11-35)33(41)27-19-31(44-16-15-39)25-4-2-3-24(21-5-6-21)32(25)37-27/h2-4,7-9,12,17-19,21,39H,5-6,10-11,13-16,20H2,1H3. The largest absolute Gasteiger partial charge is 0.490 e. The Kier molecular flexibility index (Phi) is 7.45. The summed E-state index contributed by atoms with van der Waals surface area (Å²) in [5, 5.41) is 10.2. The zero-order chi connectivity index (χ0) is 31.1. The van der Waals surface area contributed by atoms with Gasteiger partial charge in [0.2, 0.25) is 0 Å². The van der Waals surface area contributed by atoms with Crippen molar-refractivity contribution >= 4 is 28.6 Å². The molecular weight excluding hydrogens is 574 g/mol. The molecule has 2 aliphatic heterocycles. The van der Waals surface area contributed by atoms with Crippen LogP contribution in [-0.2, 0) is 4.74 Å². The maximum atomic E-state index is 13.8. The van der Waals surface area contributed by atoms with Crippen LogP contribution in [0.25, 0.3) is 22.0 Å². The predicted octanol–water partition coefficient (Wildman–Crippen LogP) is 4.97. The number of ether oxygens (including phenoxy) is 3. The van der Waals surface area contributed by atoms with Gasteiger partial charge in [0, 0.05) is 43.6 Å². The molecule has 0 unspecified atom stereocenters. The van der Waals surface area contributed by atoms with E-state index < -0.39 is 11.6 Å². The summed E-state index contributed by atoms with van der Waals surface area (Å²) in [5.41, 5.74) is 3.71. The lowest BCUT2D eigenvalue weighted by Crippen LogP contribution is -2.52. The molecule has 10 nitrogen and oxygen atoms in total. The van der Waals surface area contributed by atoms with E-state index >= 15 is 0 Å². The highest BCUT2D eigenvalue weighted by atomic mass is 16.5. The number of aliphatic hydroxyl groups excluding tert-OH is 1. The number of hydrogen-bond donors (Lipinski definition) is 1. The van der Waals surface area contributed by atoms with Gasteiger partial charge >= 0.3 is 5.97 Å². The predicted molar refractivity (Wildman–Crippen MR) is 165 cm³/mol. The molecule has 4 heterocycles. The highest BCUT2D eigenvalue weighted by molar-refractivity contribution is 6.02. The number of aromatic nitrogens is 2. The van der Waals surface area contributed by atoms with E-state index in [1.54, 1.807) is 35.2 Å². The number of carbonyl (C=O) groups excluding carboxylic acids is 3. The smallest absolute Gasteiger partial charge is 0.356 e. The van der Waals surface area contributed by atoms with Crippen LogP contribution in [0.5, 0.6) is 11.5 Å². The number of piperidine rings is 1. The number of hydrogen-bond acceptors (Lipinski definition) is 9. The maximum Gasteiger partial charge on any atom is 0.356 e. The Labute approximate surface area is 260 Å². The number of nitrogens with zero attached hydrogens (tertiary/aromatic N) is 3. The summed E-state index contributed by atoms with van der Waals surface area (Å²) in [6.45, 7) is 0.832. The third-order valence-corrected chi connectivity index (χ3v) is 8.96. The Bertz CT molecular complexity index is 1830. The van der Waals surface area contributed by atoms with Gasteiger partial charge in [0.25, 0.3) is 5.91 Å². The van der Waals surface area contributed by atoms with Crippen LogP contribution in [0.1, 0.15) is 74.9 Å². The van der Waals surface area contributed by atoms with E-state index in [4.69, 9.17) is 19.2 Å². The van der Waals surface area contributed by atoms with Crippen molar-refractivity contribution in [1.29, 1.82) is 0 Å². The number of likely N-dealkylation sites (tertiary alicyclic amines) is 1. The zero-order valence-corrected chi connectivity index (χ0v) is 25.0. The van der Waals surface area contributed by atoms with Gasteiger partial charge in [0.15, 0.2) is 5.78 Å². The number of Topliss-reactive ketones (excluding diaryl/α,β-unsaturated/α-hetero) is 1. The van der Waals surface area contributed by atoms with Crippen molar-refractivity contribution in [1.82, 2.24) is 14.9 Å². The molecule has 1 saturated heterocycles. The normalized spacial score (nSPS) is 17.1. The van der Waals surface area contributed by atoms with E-state index in [9.17, 15) is 19.5 Å². The lowest BCUT2D eigenvalue weighted by atomic mass is 9.82. The first-order valence-corrected chi connectivity index (χ1v) is 15.3. The molecule has 1 saturated carbocycles.